The third-order valence-corrected chi connectivity index (χ3v) is 4.40. The minimum absolute atomic E-state index is 1.19. The Morgan fingerprint density at radius 2 is 0.414 bits per heavy atom. The lowest BCUT2D eigenvalue weighted by Crippen LogP contribution is -1.80. The second-order valence-electron chi connectivity index (χ2n) is 6.99. The van der Waals surface area contributed by atoms with Crippen LogP contribution in [0.5, 0.6) is 0 Å². The zero-order chi connectivity index (χ0) is 20.5. The van der Waals surface area contributed by atoms with Crippen molar-refractivity contribution in [2.45, 2.75) is 57.8 Å². The van der Waals surface area contributed by atoms with Gasteiger partial charge in [0, 0.05) is 0 Å². The lowest BCUT2D eigenvalue weighted by Gasteiger charge is -2.00. The SMILES string of the molecule is C1=CC=CC=CC=CC=CCCCCCCCCCC=CC=CC=CC=CC=C1. The zero-order valence-electron chi connectivity index (χ0n) is 17.9. The van der Waals surface area contributed by atoms with Gasteiger partial charge in [0.1, 0.15) is 0 Å². The predicted molar refractivity (Wildman–Crippen MR) is 133 cm³/mol. The Hall–Kier alpha value is -2.60. The molecule has 0 spiro atoms. The van der Waals surface area contributed by atoms with Gasteiger partial charge >= 0.3 is 0 Å². The van der Waals surface area contributed by atoms with Crippen LogP contribution in [0.15, 0.2) is 122 Å². The molecule has 0 aromatic carbocycles. The van der Waals surface area contributed by atoms with Gasteiger partial charge in [0.05, 0.1) is 0 Å². The van der Waals surface area contributed by atoms with Gasteiger partial charge in [-0.05, 0) is 25.7 Å². The molecule has 0 amide bonds. The molecule has 1 rings (SSSR count). The van der Waals surface area contributed by atoms with Gasteiger partial charge in [0.25, 0.3) is 0 Å². The number of hydrogen-bond acceptors (Lipinski definition) is 0. The fourth-order valence-corrected chi connectivity index (χ4v) is 2.78. The van der Waals surface area contributed by atoms with E-state index in [4.69, 9.17) is 0 Å². The molecule has 0 nitrogen and oxygen atoms in total. The van der Waals surface area contributed by atoms with Gasteiger partial charge in [-0.3, -0.25) is 0 Å². The van der Waals surface area contributed by atoms with Crippen LogP contribution in [0.1, 0.15) is 57.8 Å². The van der Waals surface area contributed by atoms with Gasteiger partial charge < -0.3 is 0 Å². The molecular weight excluding hydrogens is 348 g/mol. The van der Waals surface area contributed by atoms with Crippen molar-refractivity contribution in [3.05, 3.63) is 122 Å². The average molecular weight is 387 g/mol. The Morgan fingerprint density at radius 1 is 0.207 bits per heavy atom. The van der Waals surface area contributed by atoms with E-state index in [1.165, 1.54) is 57.8 Å². The first-order valence-corrected chi connectivity index (χ1v) is 11.1. The average Bonchev–Trinajstić information content (AvgIpc) is 2.73. The second kappa shape index (κ2) is 21.7. The maximum Gasteiger partial charge on any atom is -0.0348 e. The van der Waals surface area contributed by atoms with Crippen molar-refractivity contribution in [3.63, 3.8) is 0 Å². The molecule has 29 heavy (non-hydrogen) atoms. The Kier molecular flexibility index (Phi) is 18.3. The molecule has 0 N–H and O–H groups in total. The van der Waals surface area contributed by atoms with Crippen molar-refractivity contribution in [1.29, 1.82) is 0 Å². The van der Waals surface area contributed by atoms with Crippen LogP contribution in [-0.4, -0.2) is 0 Å². The van der Waals surface area contributed by atoms with Crippen molar-refractivity contribution in [2.75, 3.05) is 0 Å². The van der Waals surface area contributed by atoms with Crippen molar-refractivity contribution >= 4 is 0 Å². The summed E-state index contributed by atoms with van der Waals surface area (Å²) in [5.74, 6) is 0. The third-order valence-electron chi connectivity index (χ3n) is 4.40. The monoisotopic (exact) mass is 386 g/mol. The lowest BCUT2D eigenvalue weighted by molar-refractivity contribution is 0.583. The van der Waals surface area contributed by atoms with E-state index in [0.717, 1.165) is 0 Å². The summed E-state index contributed by atoms with van der Waals surface area (Å²) < 4.78 is 0. The molecule has 0 unspecified atom stereocenters. The maximum absolute atomic E-state index is 2.27. The largest absolute Gasteiger partial charge is 0.0845 e. The smallest absolute Gasteiger partial charge is 0.0348 e. The van der Waals surface area contributed by atoms with Crippen LogP contribution >= 0.6 is 0 Å². The molecule has 0 atom stereocenters. The van der Waals surface area contributed by atoms with E-state index in [0.29, 0.717) is 0 Å². The normalized spacial score (nSPS) is 18.5. The van der Waals surface area contributed by atoms with E-state index >= 15 is 0 Å². The molecule has 0 heteroatoms. The minimum atomic E-state index is 1.19. The van der Waals surface area contributed by atoms with Crippen LogP contribution in [-0.2, 0) is 0 Å². The molecule has 1 aliphatic carbocycles. The molecule has 154 valence electrons. The summed E-state index contributed by atoms with van der Waals surface area (Å²) in [7, 11) is 0. The van der Waals surface area contributed by atoms with Gasteiger partial charge in [-0.2, -0.15) is 0 Å². The van der Waals surface area contributed by atoms with Crippen LogP contribution in [0, 0.1) is 0 Å². The van der Waals surface area contributed by atoms with Crippen LogP contribution < -0.4 is 0 Å². The standard InChI is InChI=1S/C29H38/c1-2-4-6-8-10-12-14-16-18-20-22-24-26-28-29-27-25-23-21-19-17-15-13-11-9-7-5-3-1/h1-20H,21-29H2. The van der Waals surface area contributed by atoms with Crippen LogP contribution in [0.25, 0.3) is 0 Å². The summed E-state index contributed by atoms with van der Waals surface area (Å²) in [5.41, 5.74) is 0. The molecule has 0 aromatic heterocycles. The summed E-state index contributed by atoms with van der Waals surface area (Å²) >= 11 is 0. The molecule has 1 aliphatic rings. The molecule has 0 aliphatic heterocycles. The second-order valence-corrected chi connectivity index (χ2v) is 6.99. The molecular formula is C29H38. The number of rotatable bonds is 0. The van der Waals surface area contributed by atoms with E-state index in [9.17, 15) is 0 Å². The molecule has 0 radical (unpaired) electrons. The molecule has 0 fully saturated rings. The molecule has 0 heterocycles. The first-order chi connectivity index (χ1) is 14.5. The first-order valence-electron chi connectivity index (χ1n) is 11.1. The highest BCUT2D eigenvalue weighted by Gasteiger charge is 1.90. The van der Waals surface area contributed by atoms with E-state index in [2.05, 4.69) is 60.8 Å². The summed E-state index contributed by atoms with van der Waals surface area (Å²) in [4.78, 5) is 0. The van der Waals surface area contributed by atoms with Gasteiger partial charge in [0.15, 0.2) is 0 Å². The summed E-state index contributed by atoms with van der Waals surface area (Å²) in [6.45, 7) is 0. The minimum Gasteiger partial charge on any atom is -0.0845 e. The van der Waals surface area contributed by atoms with Crippen LogP contribution in [0.2, 0.25) is 0 Å². The quantitative estimate of drug-likeness (QED) is 0.389. The molecule has 0 aromatic rings. The van der Waals surface area contributed by atoms with Crippen molar-refractivity contribution in [3.8, 4) is 0 Å². The topological polar surface area (TPSA) is 0 Å². The van der Waals surface area contributed by atoms with E-state index in [-0.39, 0.29) is 0 Å². The Labute approximate surface area is 179 Å². The van der Waals surface area contributed by atoms with Crippen LogP contribution in [0.3, 0.4) is 0 Å². The summed E-state index contributed by atoms with van der Waals surface area (Å²) in [5, 5.41) is 0. The maximum atomic E-state index is 2.27. The van der Waals surface area contributed by atoms with E-state index in [1.54, 1.807) is 0 Å². The lowest BCUT2D eigenvalue weighted by atomic mass is 10.1. The Bertz CT molecular complexity index is 596. The van der Waals surface area contributed by atoms with Gasteiger partial charge in [-0.25, -0.2) is 0 Å². The fourth-order valence-electron chi connectivity index (χ4n) is 2.78. The highest BCUT2D eigenvalue weighted by atomic mass is 14.0. The Balaban J connectivity index is 2.44. The van der Waals surface area contributed by atoms with Crippen LogP contribution in [0.4, 0.5) is 0 Å². The molecule has 0 saturated carbocycles. The van der Waals surface area contributed by atoms with E-state index < -0.39 is 0 Å². The summed E-state index contributed by atoms with van der Waals surface area (Å²) in [6.07, 6.45) is 53.5. The van der Waals surface area contributed by atoms with Crippen molar-refractivity contribution in [2.24, 2.45) is 0 Å². The van der Waals surface area contributed by atoms with Gasteiger partial charge in [-0.1, -0.05) is 154 Å². The molecule has 0 saturated heterocycles. The Morgan fingerprint density at radius 3 is 0.690 bits per heavy atom. The van der Waals surface area contributed by atoms with E-state index in [1.807, 2.05) is 60.8 Å². The first kappa shape index (κ1) is 24.4. The van der Waals surface area contributed by atoms with Crippen molar-refractivity contribution in [1.82, 2.24) is 0 Å². The number of hydrogen-bond donors (Lipinski definition) is 0. The summed E-state index contributed by atoms with van der Waals surface area (Å²) in [6, 6.07) is 0. The van der Waals surface area contributed by atoms with Gasteiger partial charge in [0.2, 0.25) is 0 Å². The highest BCUT2D eigenvalue weighted by Crippen LogP contribution is 2.10. The third kappa shape index (κ3) is 20.0. The number of allylic oxidation sites excluding steroid dienone is 20. The zero-order valence-corrected chi connectivity index (χ0v) is 17.9. The predicted octanol–water partition coefficient (Wildman–Crippen LogP) is 9.07. The van der Waals surface area contributed by atoms with Crippen molar-refractivity contribution < 1.29 is 0 Å². The van der Waals surface area contributed by atoms with Gasteiger partial charge in [-0.15, -0.1) is 0 Å². The fraction of sp³-hybridized carbons (Fsp3) is 0.310. The highest BCUT2D eigenvalue weighted by molar-refractivity contribution is 5.22. The molecule has 0 bridgehead atoms.